The highest BCUT2D eigenvalue weighted by Gasteiger charge is 2.53. The molecule has 0 spiro atoms. The van der Waals surface area contributed by atoms with E-state index in [1.54, 1.807) is 0 Å². The van der Waals surface area contributed by atoms with Crippen molar-refractivity contribution in [3.8, 4) is 0 Å². The van der Waals surface area contributed by atoms with Crippen molar-refractivity contribution < 1.29 is 14.9 Å². The zero-order valence-corrected chi connectivity index (χ0v) is 9.30. The number of benzene rings is 1. The van der Waals surface area contributed by atoms with E-state index in [2.05, 4.69) is 0 Å². The maximum Gasteiger partial charge on any atom is 0.0717 e. The lowest BCUT2D eigenvalue weighted by Crippen LogP contribution is -2.19. The molecule has 3 nitrogen and oxygen atoms in total. The van der Waals surface area contributed by atoms with E-state index in [9.17, 15) is 5.11 Å². The molecule has 0 heterocycles. The van der Waals surface area contributed by atoms with Gasteiger partial charge in [0.25, 0.3) is 0 Å². The maximum atomic E-state index is 9.26. The van der Waals surface area contributed by atoms with E-state index in [0.29, 0.717) is 13.2 Å². The third kappa shape index (κ3) is 2.43. The van der Waals surface area contributed by atoms with Gasteiger partial charge in [0.05, 0.1) is 19.8 Å². The first-order valence-corrected chi connectivity index (χ1v) is 5.64. The van der Waals surface area contributed by atoms with Crippen LogP contribution in [-0.2, 0) is 11.3 Å². The Morgan fingerprint density at radius 2 is 2.00 bits per heavy atom. The van der Waals surface area contributed by atoms with Crippen LogP contribution in [0.15, 0.2) is 30.3 Å². The Morgan fingerprint density at radius 1 is 1.25 bits per heavy atom. The molecule has 3 heteroatoms. The fourth-order valence-corrected chi connectivity index (χ4v) is 2.05. The van der Waals surface area contributed by atoms with Gasteiger partial charge in [0, 0.05) is 12.0 Å². The Hall–Kier alpha value is -0.900. The highest BCUT2D eigenvalue weighted by Crippen LogP contribution is 2.51. The van der Waals surface area contributed by atoms with Crippen LogP contribution in [0.2, 0.25) is 0 Å². The van der Waals surface area contributed by atoms with Crippen molar-refractivity contribution in [1.29, 1.82) is 0 Å². The van der Waals surface area contributed by atoms with Crippen molar-refractivity contribution >= 4 is 0 Å². The van der Waals surface area contributed by atoms with Gasteiger partial charge in [0.2, 0.25) is 0 Å². The molecule has 1 aliphatic rings. The molecule has 0 saturated heterocycles. The summed E-state index contributed by atoms with van der Waals surface area (Å²) in [5.41, 5.74) is 0.959. The SMILES string of the molecule is OC[C@H]1C[C@@]1(CO)COCc1ccccc1. The molecule has 0 unspecified atom stereocenters. The molecule has 0 aliphatic heterocycles. The number of hydrogen-bond donors (Lipinski definition) is 2. The van der Waals surface area contributed by atoms with Crippen LogP contribution in [0.1, 0.15) is 12.0 Å². The molecule has 0 bridgehead atoms. The first-order chi connectivity index (χ1) is 7.80. The summed E-state index contributed by atoms with van der Waals surface area (Å²) in [7, 11) is 0. The molecule has 2 N–H and O–H groups in total. The van der Waals surface area contributed by atoms with Crippen LogP contribution in [0, 0.1) is 11.3 Å². The summed E-state index contributed by atoms with van der Waals surface area (Å²) in [6, 6.07) is 9.97. The quantitative estimate of drug-likeness (QED) is 0.760. The average Bonchev–Trinajstić information content (AvgIpc) is 3.05. The van der Waals surface area contributed by atoms with Gasteiger partial charge in [0.1, 0.15) is 0 Å². The van der Waals surface area contributed by atoms with Crippen molar-refractivity contribution in [3.05, 3.63) is 35.9 Å². The maximum absolute atomic E-state index is 9.26. The number of hydrogen-bond acceptors (Lipinski definition) is 3. The van der Waals surface area contributed by atoms with Gasteiger partial charge in [0.15, 0.2) is 0 Å². The van der Waals surface area contributed by atoms with Gasteiger partial charge in [-0.3, -0.25) is 0 Å². The summed E-state index contributed by atoms with van der Waals surface area (Å²) in [5.74, 6) is 0.216. The minimum Gasteiger partial charge on any atom is -0.396 e. The molecule has 2 rings (SSSR count). The predicted octanol–water partition coefficient (Wildman–Crippen LogP) is 1.19. The first kappa shape index (κ1) is 11.6. The van der Waals surface area contributed by atoms with Gasteiger partial charge >= 0.3 is 0 Å². The summed E-state index contributed by atoms with van der Waals surface area (Å²) in [6.45, 7) is 1.35. The topological polar surface area (TPSA) is 49.7 Å². The molecule has 1 fully saturated rings. The van der Waals surface area contributed by atoms with Crippen LogP contribution >= 0.6 is 0 Å². The van der Waals surface area contributed by atoms with E-state index in [1.807, 2.05) is 30.3 Å². The van der Waals surface area contributed by atoms with Crippen molar-refractivity contribution in [2.45, 2.75) is 13.0 Å². The molecule has 1 aromatic carbocycles. The smallest absolute Gasteiger partial charge is 0.0717 e. The van der Waals surface area contributed by atoms with Crippen molar-refractivity contribution in [2.24, 2.45) is 11.3 Å². The zero-order chi connectivity index (χ0) is 11.4. The molecule has 88 valence electrons. The highest BCUT2D eigenvalue weighted by molar-refractivity contribution is 5.13. The molecule has 0 aromatic heterocycles. The Labute approximate surface area is 95.7 Å². The molecule has 2 atom stereocenters. The van der Waals surface area contributed by atoms with E-state index >= 15 is 0 Å². The third-order valence-corrected chi connectivity index (χ3v) is 3.40. The van der Waals surface area contributed by atoms with Gasteiger partial charge < -0.3 is 14.9 Å². The molecule has 1 aliphatic carbocycles. The molecule has 16 heavy (non-hydrogen) atoms. The number of ether oxygens (including phenoxy) is 1. The summed E-state index contributed by atoms with van der Waals surface area (Å²) in [6.07, 6.45) is 0.870. The second-order valence-electron chi connectivity index (χ2n) is 4.58. The van der Waals surface area contributed by atoms with Crippen LogP contribution in [0.5, 0.6) is 0 Å². The van der Waals surface area contributed by atoms with Crippen LogP contribution < -0.4 is 0 Å². The van der Waals surface area contributed by atoms with Gasteiger partial charge in [-0.2, -0.15) is 0 Å². The standard InChI is InChI=1S/C13H18O3/c14-7-12-6-13(12,9-15)10-16-8-11-4-2-1-3-5-11/h1-5,12,14-15H,6-10H2/t12-,13-/m1/s1. The van der Waals surface area contributed by atoms with Crippen LogP contribution in [0.4, 0.5) is 0 Å². The van der Waals surface area contributed by atoms with E-state index in [0.717, 1.165) is 12.0 Å². The van der Waals surface area contributed by atoms with E-state index < -0.39 is 0 Å². The Bertz CT molecular complexity index is 325. The first-order valence-electron chi connectivity index (χ1n) is 5.64. The largest absolute Gasteiger partial charge is 0.396 e. The summed E-state index contributed by atoms with van der Waals surface area (Å²) >= 11 is 0. The Balaban J connectivity index is 1.76. The molecular weight excluding hydrogens is 204 g/mol. The minimum absolute atomic E-state index is 0.104. The lowest BCUT2D eigenvalue weighted by molar-refractivity contribution is 0.0388. The van der Waals surface area contributed by atoms with E-state index in [4.69, 9.17) is 9.84 Å². The summed E-state index contributed by atoms with van der Waals surface area (Å²) < 4.78 is 5.60. The van der Waals surface area contributed by atoms with Gasteiger partial charge in [-0.25, -0.2) is 0 Å². The number of aliphatic hydroxyl groups excluding tert-OH is 2. The van der Waals surface area contributed by atoms with E-state index in [-0.39, 0.29) is 24.5 Å². The molecular formula is C13H18O3. The number of aliphatic hydroxyl groups is 2. The minimum atomic E-state index is -0.177. The van der Waals surface area contributed by atoms with Gasteiger partial charge in [-0.1, -0.05) is 30.3 Å². The normalized spacial score (nSPS) is 28.0. The second-order valence-corrected chi connectivity index (χ2v) is 4.58. The third-order valence-electron chi connectivity index (χ3n) is 3.40. The van der Waals surface area contributed by atoms with Gasteiger partial charge in [-0.05, 0) is 17.9 Å². The molecule has 1 saturated carbocycles. The van der Waals surface area contributed by atoms with Crippen molar-refractivity contribution in [3.63, 3.8) is 0 Å². The monoisotopic (exact) mass is 222 g/mol. The van der Waals surface area contributed by atoms with Crippen LogP contribution in [-0.4, -0.2) is 30.0 Å². The lowest BCUT2D eigenvalue weighted by Gasteiger charge is -2.14. The van der Waals surface area contributed by atoms with Crippen LogP contribution in [0.3, 0.4) is 0 Å². The molecule has 0 amide bonds. The average molecular weight is 222 g/mol. The lowest BCUT2D eigenvalue weighted by atomic mass is 10.1. The fourth-order valence-electron chi connectivity index (χ4n) is 2.05. The highest BCUT2D eigenvalue weighted by atomic mass is 16.5. The summed E-state index contributed by atoms with van der Waals surface area (Å²) in [4.78, 5) is 0. The Kier molecular flexibility index (Phi) is 3.59. The second kappa shape index (κ2) is 4.95. The van der Waals surface area contributed by atoms with E-state index in [1.165, 1.54) is 0 Å². The fraction of sp³-hybridized carbons (Fsp3) is 0.538. The molecule has 1 aromatic rings. The zero-order valence-electron chi connectivity index (χ0n) is 9.30. The Morgan fingerprint density at radius 3 is 2.56 bits per heavy atom. The summed E-state index contributed by atoms with van der Waals surface area (Å²) in [5, 5.41) is 18.3. The molecule has 0 radical (unpaired) electrons. The van der Waals surface area contributed by atoms with Gasteiger partial charge in [-0.15, -0.1) is 0 Å². The van der Waals surface area contributed by atoms with Crippen LogP contribution in [0.25, 0.3) is 0 Å². The van der Waals surface area contributed by atoms with Crippen molar-refractivity contribution in [1.82, 2.24) is 0 Å². The van der Waals surface area contributed by atoms with Crippen molar-refractivity contribution in [2.75, 3.05) is 19.8 Å². The predicted molar refractivity (Wildman–Crippen MR) is 60.8 cm³/mol. The number of rotatable bonds is 6.